The molecule has 40 heavy (non-hydrogen) atoms. The zero-order valence-corrected chi connectivity index (χ0v) is 23.1. The van der Waals surface area contributed by atoms with Crippen molar-refractivity contribution in [1.29, 1.82) is 0 Å². The molecule has 1 amide bonds. The van der Waals surface area contributed by atoms with Gasteiger partial charge in [0.1, 0.15) is 24.0 Å². The number of carbonyl (C=O) groups is 2. The van der Waals surface area contributed by atoms with Gasteiger partial charge in [0.05, 0.1) is 5.39 Å². The van der Waals surface area contributed by atoms with Crippen molar-refractivity contribution in [2.24, 2.45) is 11.7 Å². The van der Waals surface area contributed by atoms with E-state index in [9.17, 15) is 23.5 Å². The van der Waals surface area contributed by atoms with Crippen LogP contribution in [0.15, 0.2) is 71.1 Å². The molecule has 0 radical (unpaired) electrons. The Morgan fingerprint density at radius 2 is 1.70 bits per heavy atom. The van der Waals surface area contributed by atoms with Crippen LogP contribution in [0.25, 0.3) is 22.1 Å². The Morgan fingerprint density at radius 3 is 2.25 bits per heavy atom. The fourth-order valence-corrected chi connectivity index (χ4v) is 5.31. The van der Waals surface area contributed by atoms with Gasteiger partial charge in [0.25, 0.3) is 5.91 Å². The SMILES string of the molecule is Cc1c(C(=O)Nc2ccc(-c3ccc(N(C(C(=O)O)C(C)C)S(=O)[O-])cc3)cc2)oc2cccc(OCCN)c12. The first-order valence-electron chi connectivity index (χ1n) is 12.6. The molecule has 2 atom stereocenters. The van der Waals surface area contributed by atoms with Gasteiger partial charge in [-0.15, -0.1) is 0 Å². The van der Waals surface area contributed by atoms with Crippen LogP contribution in [0.3, 0.4) is 0 Å². The molecule has 210 valence electrons. The second kappa shape index (κ2) is 12.3. The Balaban J connectivity index is 1.51. The average Bonchev–Trinajstić information content (AvgIpc) is 3.27. The van der Waals surface area contributed by atoms with Crippen LogP contribution >= 0.6 is 0 Å². The number of fused-ring (bicyclic) bond motifs is 1. The Kier molecular flexibility index (Phi) is 8.88. The van der Waals surface area contributed by atoms with Crippen LogP contribution in [-0.4, -0.2) is 44.9 Å². The van der Waals surface area contributed by atoms with Gasteiger partial charge in [-0.25, -0.2) is 4.79 Å². The molecule has 0 saturated carbocycles. The van der Waals surface area contributed by atoms with Crippen molar-refractivity contribution in [3.8, 4) is 16.9 Å². The second-order valence-electron chi connectivity index (χ2n) is 9.47. The highest BCUT2D eigenvalue weighted by Gasteiger charge is 2.30. The number of aryl methyl sites for hydroxylation is 1. The second-order valence-corrected chi connectivity index (χ2v) is 10.3. The number of hydrogen-bond acceptors (Lipinski definition) is 7. The van der Waals surface area contributed by atoms with E-state index in [2.05, 4.69) is 5.32 Å². The molecule has 4 aromatic rings. The maximum absolute atomic E-state index is 13.0. The van der Waals surface area contributed by atoms with Gasteiger partial charge in [-0.1, -0.05) is 44.2 Å². The number of carboxylic acids is 1. The predicted octanol–water partition coefficient (Wildman–Crippen LogP) is 4.71. The number of nitrogens with two attached hydrogens (primary N) is 1. The normalized spacial score (nSPS) is 12.8. The van der Waals surface area contributed by atoms with E-state index in [0.717, 1.165) is 20.8 Å². The molecule has 1 heterocycles. The number of nitrogens with one attached hydrogen (secondary N) is 1. The summed E-state index contributed by atoms with van der Waals surface area (Å²) in [6.07, 6.45) is 0. The van der Waals surface area contributed by atoms with Crippen molar-refractivity contribution >= 4 is 45.5 Å². The Bertz CT molecular complexity index is 1530. The molecular weight excluding hydrogens is 534 g/mol. The molecule has 1 aromatic heterocycles. The summed E-state index contributed by atoms with van der Waals surface area (Å²) in [5.41, 5.74) is 9.16. The van der Waals surface area contributed by atoms with Crippen molar-refractivity contribution in [1.82, 2.24) is 0 Å². The van der Waals surface area contributed by atoms with Crippen LogP contribution in [0.5, 0.6) is 5.75 Å². The lowest BCUT2D eigenvalue weighted by atomic mass is 10.0. The number of benzene rings is 3. The number of aliphatic carboxylic acids is 1. The summed E-state index contributed by atoms with van der Waals surface area (Å²) in [4.78, 5) is 24.7. The predicted molar refractivity (Wildman–Crippen MR) is 153 cm³/mol. The van der Waals surface area contributed by atoms with Gasteiger partial charge in [0.15, 0.2) is 5.76 Å². The molecule has 10 nitrogen and oxygen atoms in total. The van der Waals surface area contributed by atoms with E-state index in [4.69, 9.17) is 14.9 Å². The van der Waals surface area contributed by atoms with E-state index in [-0.39, 0.29) is 11.4 Å². The maximum atomic E-state index is 13.0. The lowest BCUT2D eigenvalue weighted by Crippen LogP contribution is -2.45. The van der Waals surface area contributed by atoms with Crippen LogP contribution in [0, 0.1) is 12.8 Å². The molecule has 11 heteroatoms. The smallest absolute Gasteiger partial charge is 0.327 e. The lowest BCUT2D eigenvalue weighted by molar-refractivity contribution is -0.139. The minimum atomic E-state index is -2.77. The molecule has 0 saturated heterocycles. The highest BCUT2D eigenvalue weighted by molar-refractivity contribution is 7.80. The first kappa shape index (κ1) is 28.8. The molecule has 4 rings (SSSR count). The van der Waals surface area contributed by atoms with Gasteiger partial charge in [0.2, 0.25) is 0 Å². The summed E-state index contributed by atoms with van der Waals surface area (Å²) in [5, 5.41) is 13.1. The highest BCUT2D eigenvalue weighted by Crippen LogP contribution is 2.34. The standard InChI is InChI=1S/C29H31N3O7S/c1-17(2)26(29(34)35)32(40(36)37)22-13-9-20(10-14-22)19-7-11-21(12-8-19)31-28(33)27-18(3)25-23(38-16-15-30)5-4-6-24(25)39-27/h4-14,17,26H,15-16,30H2,1-3H3,(H,31,33)(H,34,35)(H,36,37)/p-1. The van der Waals surface area contributed by atoms with Crippen LogP contribution < -0.4 is 20.1 Å². The molecule has 0 fully saturated rings. The third kappa shape index (κ3) is 6.01. The summed E-state index contributed by atoms with van der Waals surface area (Å²) in [6.45, 7) is 5.81. The van der Waals surface area contributed by atoms with E-state index < -0.39 is 35.1 Å². The van der Waals surface area contributed by atoms with Gasteiger partial charge < -0.3 is 29.9 Å². The lowest BCUT2D eigenvalue weighted by Gasteiger charge is -2.34. The van der Waals surface area contributed by atoms with Crippen molar-refractivity contribution in [3.63, 3.8) is 0 Å². The average molecular weight is 565 g/mol. The number of rotatable bonds is 11. The van der Waals surface area contributed by atoms with Crippen molar-refractivity contribution in [2.75, 3.05) is 22.8 Å². The molecule has 0 aliphatic heterocycles. The largest absolute Gasteiger partial charge is 0.755 e. The first-order chi connectivity index (χ1) is 19.1. The summed E-state index contributed by atoms with van der Waals surface area (Å²) in [6, 6.07) is 17.8. The van der Waals surface area contributed by atoms with Gasteiger partial charge in [-0.05, 0) is 60.4 Å². The number of amides is 1. The molecule has 0 spiro atoms. The Hall–Kier alpha value is -4.19. The first-order valence-corrected chi connectivity index (χ1v) is 13.6. The minimum absolute atomic E-state index is 0.180. The van der Waals surface area contributed by atoms with Crippen LogP contribution in [0.1, 0.15) is 30.0 Å². The number of nitrogens with zero attached hydrogens (tertiary/aromatic N) is 1. The molecule has 4 N–H and O–H groups in total. The summed E-state index contributed by atoms with van der Waals surface area (Å²) in [7, 11) is 0. The van der Waals surface area contributed by atoms with Crippen molar-refractivity contribution in [3.05, 3.63) is 78.1 Å². The van der Waals surface area contributed by atoms with Gasteiger partial charge in [0, 0.05) is 34.7 Å². The number of furan rings is 1. The van der Waals surface area contributed by atoms with Crippen molar-refractivity contribution < 1.29 is 32.6 Å². The maximum Gasteiger partial charge on any atom is 0.327 e. The zero-order valence-electron chi connectivity index (χ0n) is 22.2. The summed E-state index contributed by atoms with van der Waals surface area (Å²) >= 11 is -2.77. The van der Waals surface area contributed by atoms with Gasteiger partial charge >= 0.3 is 5.97 Å². The molecule has 0 bridgehead atoms. The fraction of sp³-hybridized carbons (Fsp3) is 0.241. The van der Waals surface area contributed by atoms with Gasteiger partial charge in [-0.3, -0.25) is 13.3 Å². The van der Waals surface area contributed by atoms with Crippen LogP contribution in [-0.2, 0) is 16.1 Å². The minimum Gasteiger partial charge on any atom is -0.755 e. The quantitative estimate of drug-likeness (QED) is 0.221. The number of carboxylic acid groups (broad SMARTS) is 1. The van der Waals surface area contributed by atoms with E-state index >= 15 is 0 Å². The number of ether oxygens (including phenoxy) is 1. The molecule has 3 aromatic carbocycles. The number of carbonyl (C=O) groups excluding carboxylic acids is 1. The molecule has 2 unspecified atom stereocenters. The number of anilines is 2. The van der Waals surface area contributed by atoms with E-state index in [0.29, 0.717) is 35.7 Å². The van der Waals surface area contributed by atoms with Crippen LogP contribution in [0.4, 0.5) is 11.4 Å². The molecule has 0 aliphatic carbocycles. The zero-order chi connectivity index (χ0) is 29.0. The third-order valence-corrected chi connectivity index (χ3v) is 7.15. The Morgan fingerprint density at radius 1 is 1.07 bits per heavy atom. The topological polar surface area (TPSA) is 158 Å². The fourth-order valence-electron chi connectivity index (χ4n) is 4.50. The van der Waals surface area contributed by atoms with Crippen molar-refractivity contribution in [2.45, 2.75) is 26.8 Å². The molecular formula is C29H30N3O7S-. The Labute approximate surface area is 234 Å². The van der Waals surface area contributed by atoms with Crippen LogP contribution in [0.2, 0.25) is 0 Å². The third-order valence-electron chi connectivity index (χ3n) is 6.39. The summed E-state index contributed by atoms with van der Waals surface area (Å²) in [5.74, 6) is -1.28. The summed E-state index contributed by atoms with van der Waals surface area (Å²) < 4.78 is 36.1. The van der Waals surface area contributed by atoms with E-state index in [1.807, 2.05) is 12.1 Å². The van der Waals surface area contributed by atoms with E-state index in [1.54, 1.807) is 75.4 Å². The number of hydrogen-bond donors (Lipinski definition) is 3. The van der Waals surface area contributed by atoms with Gasteiger partial charge in [-0.2, -0.15) is 0 Å². The monoisotopic (exact) mass is 564 g/mol. The van der Waals surface area contributed by atoms with E-state index in [1.165, 1.54) is 0 Å². The highest BCUT2D eigenvalue weighted by atomic mass is 32.2. The molecule has 0 aliphatic rings.